The standard InChI is InChI=1S/C29H38N6O2/c1-29(2,36)9-6-21-12-22(18-33(3)4)14-23(13-21)20-37-27-15-24(16-31-28(27)30)25-17-32-35(19-25)26-7-10-34(5)11-8-26/h12-17,19,26,36H,7-8,10-11,18,20H2,1-5H3,(H2,30,31)/i20D2. The SMILES string of the molecule is [2H]C([2H])(Oc1cc(-c2cnn(C3CCN(C)CC3)c2)cnc1N)c1cc(C#CC(C)(C)O)cc(CN(C)C)c1. The molecule has 0 spiro atoms. The number of pyridine rings is 1. The highest BCUT2D eigenvalue weighted by Crippen LogP contribution is 2.29. The smallest absolute Gasteiger partial charge is 0.166 e. The van der Waals surface area contributed by atoms with Gasteiger partial charge in [-0.1, -0.05) is 17.9 Å². The number of nitrogen functional groups attached to an aromatic ring is 1. The Balaban J connectivity index is 1.61. The summed E-state index contributed by atoms with van der Waals surface area (Å²) in [4.78, 5) is 8.59. The zero-order valence-corrected chi connectivity index (χ0v) is 22.3. The molecule has 1 aromatic carbocycles. The summed E-state index contributed by atoms with van der Waals surface area (Å²) in [7, 11) is 6.01. The lowest BCUT2D eigenvalue weighted by Gasteiger charge is -2.28. The molecule has 3 aromatic rings. The van der Waals surface area contributed by atoms with Crippen molar-refractivity contribution < 1.29 is 12.6 Å². The van der Waals surface area contributed by atoms with Crippen molar-refractivity contribution in [2.45, 2.75) is 51.4 Å². The first-order valence-corrected chi connectivity index (χ1v) is 12.5. The van der Waals surface area contributed by atoms with E-state index in [1.165, 1.54) is 0 Å². The molecule has 1 aliphatic rings. The zero-order chi connectivity index (χ0) is 28.4. The van der Waals surface area contributed by atoms with E-state index >= 15 is 0 Å². The van der Waals surface area contributed by atoms with E-state index in [2.05, 4.69) is 33.9 Å². The van der Waals surface area contributed by atoms with Crippen molar-refractivity contribution in [3.63, 3.8) is 0 Å². The van der Waals surface area contributed by atoms with Crippen molar-refractivity contribution >= 4 is 5.82 Å². The Morgan fingerprint density at radius 2 is 1.89 bits per heavy atom. The number of likely N-dealkylation sites (tertiary alicyclic amines) is 1. The number of aliphatic hydroxyl groups is 1. The van der Waals surface area contributed by atoms with E-state index in [1.54, 1.807) is 44.4 Å². The number of nitrogens with zero attached hydrogens (tertiary/aromatic N) is 5. The van der Waals surface area contributed by atoms with Crippen molar-refractivity contribution in [3.05, 3.63) is 59.5 Å². The molecule has 0 amide bonds. The molecule has 3 heterocycles. The molecule has 0 saturated carbocycles. The summed E-state index contributed by atoms with van der Waals surface area (Å²) in [5.74, 6) is 6.00. The molecule has 3 N–H and O–H groups in total. The second kappa shape index (κ2) is 11.3. The van der Waals surface area contributed by atoms with Crippen molar-refractivity contribution in [1.29, 1.82) is 0 Å². The first kappa shape index (κ1) is 24.0. The van der Waals surface area contributed by atoms with E-state index in [4.69, 9.17) is 13.2 Å². The Morgan fingerprint density at radius 1 is 1.16 bits per heavy atom. The Bertz CT molecular complexity index is 1360. The van der Waals surface area contributed by atoms with Crippen molar-refractivity contribution in [1.82, 2.24) is 24.6 Å². The predicted molar refractivity (Wildman–Crippen MR) is 147 cm³/mol. The van der Waals surface area contributed by atoms with Gasteiger partial charge in [-0.25, -0.2) is 4.98 Å². The minimum Gasteiger partial charge on any atom is -0.485 e. The number of hydrogen-bond acceptors (Lipinski definition) is 7. The van der Waals surface area contributed by atoms with Crippen LogP contribution < -0.4 is 10.5 Å². The van der Waals surface area contributed by atoms with Gasteiger partial charge in [-0.05, 0) is 90.2 Å². The molecule has 37 heavy (non-hydrogen) atoms. The topological polar surface area (TPSA) is 92.7 Å². The third-order valence-corrected chi connectivity index (χ3v) is 6.16. The van der Waals surface area contributed by atoms with Crippen LogP contribution in [0.25, 0.3) is 11.1 Å². The van der Waals surface area contributed by atoms with Crippen LogP contribution in [0.4, 0.5) is 5.82 Å². The van der Waals surface area contributed by atoms with E-state index in [-0.39, 0.29) is 11.6 Å². The molecule has 0 radical (unpaired) electrons. The molecule has 8 heteroatoms. The normalized spacial score (nSPS) is 16.2. The molecule has 8 nitrogen and oxygen atoms in total. The number of rotatable bonds is 7. The van der Waals surface area contributed by atoms with Crippen LogP contribution in [0.15, 0.2) is 42.9 Å². The van der Waals surface area contributed by atoms with Crippen LogP contribution in [0.2, 0.25) is 0 Å². The van der Waals surface area contributed by atoms with Gasteiger partial charge >= 0.3 is 0 Å². The first-order chi connectivity index (χ1) is 18.3. The maximum absolute atomic E-state index is 10.0. The van der Waals surface area contributed by atoms with Gasteiger partial charge in [0.15, 0.2) is 11.6 Å². The third-order valence-electron chi connectivity index (χ3n) is 6.16. The maximum atomic E-state index is 10.0. The van der Waals surface area contributed by atoms with Gasteiger partial charge in [0.25, 0.3) is 0 Å². The predicted octanol–water partition coefficient (Wildman–Crippen LogP) is 3.56. The Morgan fingerprint density at radius 3 is 2.59 bits per heavy atom. The lowest BCUT2D eigenvalue weighted by molar-refractivity contribution is 0.143. The van der Waals surface area contributed by atoms with Gasteiger partial charge in [-0.3, -0.25) is 4.68 Å². The summed E-state index contributed by atoms with van der Waals surface area (Å²) in [5, 5.41) is 14.6. The van der Waals surface area contributed by atoms with E-state index in [0.717, 1.165) is 42.6 Å². The molecule has 0 aliphatic carbocycles. The van der Waals surface area contributed by atoms with Gasteiger partial charge in [0.2, 0.25) is 0 Å². The molecule has 0 unspecified atom stereocenters. The van der Waals surface area contributed by atoms with Crippen LogP contribution in [0, 0.1) is 11.8 Å². The van der Waals surface area contributed by atoms with E-state index in [9.17, 15) is 5.11 Å². The fourth-order valence-corrected chi connectivity index (χ4v) is 4.26. The van der Waals surface area contributed by atoms with Crippen molar-refractivity contribution in [3.8, 4) is 28.7 Å². The molecule has 196 valence electrons. The Kier molecular flexibility index (Phi) is 7.35. The lowest BCUT2D eigenvalue weighted by Crippen LogP contribution is -2.31. The largest absolute Gasteiger partial charge is 0.485 e. The fourth-order valence-electron chi connectivity index (χ4n) is 4.26. The number of nitrogens with two attached hydrogens (primary N) is 1. The summed E-state index contributed by atoms with van der Waals surface area (Å²) in [6, 6.07) is 7.33. The number of piperidine rings is 1. The molecule has 1 aliphatic heterocycles. The van der Waals surface area contributed by atoms with E-state index in [1.807, 2.05) is 35.9 Å². The van der Waals surface area contributed by atoms with Crippen LogP contribution in [-0.2, 0) is 13.1 Å². The van der Waals surface area contributed by atoms with E-state index in [0.29, 0.717) is 23.7 Å². The molecule has 1 saturated heterocycles. The molecule has 4 rings (SSSR count). The lowest BCUT2D eigenvalue weighted by atomic mass is 10.0. The average molecular weight is 505 g/mol. The molecular weight excluding hydrogens is 464 g/mol. The van der Waals surface area contributed by atoms with Crippen LogP contribution in [0.1, 0.15) is 52.2 Å². The van der Waals surface area contributed by atoms with Crippen LogP contribution in [0.5, 0.6) is 5.75 Å². The van der Waals surface area contributed by atoms with Gasteiger partial charge in [0.05, 0.1) is 15.0 Å². The summed E-state index contributed by atoms with van der Waals surface area (Å²) in [6.45, 7) is 3.65. The number of hydrogen-bond donors (Lipinski definition) is 2. The highest BCUT2D eigenvalue weighted by Gasteiger charge is 2.19. The Labute approximate surface area is 222 Å². The van der Waals surface area contributed by atoms with Gasteiger partial charge in [0, 0.05) is 35.6 Å². The molecule has 0 bridgehead atoms. The molecule has 2 aromatic heterocycles. The minimum absolute atomic E-state index is 0.0943. The monoisotopic (exact) mass is 504 g/mol. The number of aromatic nitrogens is 3. The zero-order valence-electron chi connectivity index (χ0n) is 24.3. The van der Waals surface area contributed by atoms with Crippen LogP contribution >= 0.6 is 0 Å². The quantitative estimate of drug-likeness (QED) is 0.475. The number of anilines is 1. The maximum Gasteiger partial charge on any atom is 0.166 e. The number of ether oxygens (including phenoxy) is 1. The summed E-state index contributed by atoms with van der Waals surface area (Å²) in [6.07, 6.45) is 7.53. The van der Waals surface area contributed by atoms with Gasteiger partial charge in [-0.2, -0.15) is 5.10 Å². The van der Waals surface area contributed by atoms with Gasteiger partial charge < -0.3 is 25.4 Å². The minimum atomic E-state index is -2.22. The fraction of sp³-hybridized carbons (Fsp3) is 0.448. The summed E-state index contributed by atoms with van der Waals surface area (Å²) in [5.41, 5.74) is 8.30. The molecule has 0 atom stereocenters. The Hall–Kier alpha value is -3.38. The third kappa shape index (κ3) is 7.56. The van der Waals surface area contributed by atoms with Crippen molar-refractivity contribution in [2.75, 3.05) is 40.0 Å². The highest BCUT2D eigenvalue weighted by molar-refractivity contribution is 5.65. The summed E-state index contributed by atoms with van der Waals surface area (Å²) < 4.78 is 25.5. The number of benzene rings is 1. The second-order valence-electron chi connectivity index (χ2n) is 10.5. The first-order valence-electron chi connectivity index (χ1n) is 13.5. The molecular formula is C29H38N6O2. The molecule has 1 fully saturated rings. The van der Waals surface area contributed by atoms with Crippen LogP contribution in [-0.4, -0.2) is 69.5 Å². The second-order valence-corrected chi connectivity index (χ2v) is 10.5. The average Bonchev–Trinajstić information content (AvgIpc) is 3.34. The van der Waals surface area contributed by atoms with Gasteiger partial charge in [-0.15, -0.1) is 0 Å². The van der Waals surface area contributed by atoms with Crippen LogP contribution in [0.3, 0.4) is 0 Å². The van der Waals surface area contributed by atoms with Crippen molar-refractivity contribution in [2.24, 2.45) is 0 Å². The summed E-state index contributed by atoms with van der Waals surface area (Å²) >= 11 is 0. The van der Waals surface area contributed by atoms with E-state index < -0.39 is 12.2 Å². The highest BCUT2D eigenvalue weighted by atomic mass is 16.5. The van der Waals surface area contributed by atoms with Gasteiger partial charge in [0.1, 0.15) is 12.2 Å².